The maximum Gasteiger partial charge on any atom is 0.394 e. The van der Waals surface area contributed by atoms with Gasteiger partial charge in [-0.25, -0.2) is 9.18 Å². The third-order valence-corrected chi connectivity index (χ3v) is 3.61. The van der Waals surface area contributed by atoms with E-state index < -0.39 is 11.9 Å². The van der Waals surface area contributed by atoms with Gasteiger partial charge in [-0.3, -0.25) is 4.79 Å². The zero-order valence-corrected chi connectivity index (χ0v) is 11.0. The zero-order chi connectivity index (χ0) is 14.7. The van der Waals surface area contributed by atoms with Gasteiger partial charge in [0.15, 0.2) is 0 Å². The first-order valence-electron chi connectivity index (χ1n) is 6.48. The predicted molar refractivity (Wildman–Crippen MR) is 71.5 cm³/mol. The molecular formula is C15H16FNO3. The van der Waals surface area contributed by atoms with Crippen LogP contribution in [0.4, 0.5) is 4.39 Å². The minimum Gasteiger partial charge on any atom is -0.474 e. The minimum atomic E-state index is -1.48. The molecule has 5 heteroatoms. The van der Waals surface area contributed by atoms with Crippen molar-refractivity contribution in [2.45, 2.75) is 31.3 Å². The standard InChI is InChI=1S/C15H16FNO3/c1-2-12-4-3-5-13(17(12)14(18)15(19)20)10-6-8-11(16)9-7-10/h2,6-9,12-13H,1,3-5H2,(H,19,20)/t12-,13-/m1/s1. The smallest absolute Gasteiger partial charge is 0.394 e. The topological polar surface area (TPSA) is 57.6 Å². The second-order valence-corrected chi connectivity index (χ2v) is 4.82. The third-order valence-electron chi connectivity index (χ3n) is 3.61. The van der Waals surface area contributed by atoms with Crippen LogP contribution in [0.5, 0.6) is 0 Å². The monoisotopic (exact) mass is 277 g/mol. The number of amides is 1. The Morgan fingerprint density at radius 2 is 1.95 bits per heavy atom. The van der Waals surface area contributed by atoms with Gasteiger partial charge >= 0.3 is 11.9 Å². The van der Waals surface area contributed by atoms with Gasteiger partial charge in [-0.2, -0.15) is 0 Å². The number of carboxylic acid groups (broad SMARTS) is 1. The molecule has 2 atom stereocenters. The van der Waals surface area contributed by atoms with E-state index in [1.165, 1.54) is 17.0 Å². The molecule has 0 radical (unpaired) electrons. The molecule has 1 amide bonds. The maximum atomic E-state index is 13.0. The molecule has 1 saturated heterocycles. The molecule has 2 rings (SSSR count). The first-order chi connectivity index (χ1) is 9.54. The molecule has 1 heterocycles. The molecule has 0 spiro atoms. The van der Waals surface area contributed by atoms with E-state index in [0.717, 1.165) is 12.0 Å². The third kappa shape index (κ3) is 2.71. The SMILES string of the molecule is C=C[C@@H]1CCC[C@H](c2ccc(F)cc2)N1C(=O)C(=O)O. The summed E-state index contributed by atoms with van der Waals surface area (Å²) < 4.78 is 13.0. The van der Waals surface area contributed by atoms with E-state index >= 15 is 0 Å². The summed E-state index contributed by atoms with van der Waals surface area (Å²) in [4.78, 5) is 24.3. The number of piperidine rings is 1. The predicted octanol–water partition coefficient (Wildman–Crippen LogP) is 2.52. The number of likely N-dealkylation sites (tertiary alicyclic amines) is 1. The normalized spacial score (nSPS) is 22.4. The van der Waals surface area contributed by atoms with Crippen LogP contribution in [0, 0.1) is 5.82 Å². The second-order valence-electron chi connectivity index (χ2n) is 4.82. The number of hydrogen-bond acceptors (Lipinski definition) is 2. The fraction of sp³-hybridized carbons (Fsp3) is 0.333. The Labute approximate surface area is 116 Å². The molecule has 20 heavy (non-hydrogen) atoms. The Kier molecular flexibility index (Phi) is 4.17. The van der Waals surface area contributed by atoms with Gasteiger partial charge in [-0.1, -0.05) is 18.2 Å². The van der Waals surface area contributed by atoms with Crippen LogP contribution >= 0.6 is 0 Å². The highest BCUT2D eigenvalue weighted by molar-refractivity contribution is 6.31. The first kappa shape index (κ1) is 14.2. The highest BCUT2D eigenvalue weighted by atomic mass is 19.1. The molecule has 0 aliphatic carbocycles. The van der Waals surface area contributed by atoms with Crippen molar-refractivity contribution in [1.82, 2.24) is 4.90 Å². The Morgan fingerprint density at radius 1 is 1.30 bits per heavy atom. The Morgan fingerprint density at radius 3 is 2.50 bits per heavy atom. The van der Waals surface area contributed by atoms with Gasteiger partial charge in [0, 0.05) is 0 Å². The van der Waals surface area contributed by atoms with Crippen LogP contribution in [-0.2, 0) is 9.59 Å². The average molecular weight is 277 g/mol. The Hall–Kier alpha value is -2.17. The lowest BCUT2D eigenvalue weighted by Gasteiger charge is -2.40. The highest BCUT2D eigenvalue weighted by Gasteiger charge is 2.36. The Balaban J connectivity index is 2.36. The summed E-state index contributed by atoms with van der Waals surface area (Å²) in [6.07, 6.45) is 3.81. The van der Waals surface area contributed by atoms with E-state index in [1.54, 1.807) is 18.2 Å². The molecule has 106 valence electrons. The fourth-order valence-corrected chi connectivity index (χ4v) is 2.68. The number of nitrogens with zero attached hydrogens (tertiary/aromatic N) is 1. The molecule has 0 saturated carbocycles. The molecule has 0 unspecified atom stereocenters. The molecule has 1 N–H and O–H groups in total. The number of carbonyl (C=O) groups is 2. The van der Waals surface area contributed by atoms with Crippen LogP contribution in [0.3, 0.4) is 0 Å². The van der Waals surface area contributed by atoms with Crippen molar-refractivity contribution in [2.24, 2.45) is 0 Å². The van der Waals surface area contributed by atoms with Crippen LogP contribution in [0.1, 0.15) is 30.9 Å². The van der Waals surface area contributed by atoms with Gasteiger partial charge < -0.3 is 10.0 Å². The molecule has 1 aliphatic rings. The van der Waals surface area contributed by atoms with Gasteiger partial charge in [0.25, 0.3) is 0 Å². The van der Waals surface area contributed by atoms with Crippen LogP contribution in [0.2, 0.25) is 0 Å². The number of aliphatic carboxylic acids is 1. The summed E-state index contributed by atoms with van der Waals surface area (Å²) in [5.41, 5.74) is 0.743. The molecule has 1 aromatic carbocycles. The highest BCUT2D eigenvalue weighted by Crippen LogP contribution is 2.35. The van der Waals surface area contributed by atoms with Crippen LogP contribution in [0.15, 0.2) is 36.9 Å². The van der Waals surface area contributed by atoms with E-state index in [-0.39, 0.29) is 17.9 Å². The maximum absolute atomic E-state index is 13.0. The van der Waals surface area contributed by atoms with E-state index in [2.05, 4.69) is 6.58 Å². The Bertz CT molecular complexity index is 526. The van der Waals surface area contributed by atoms with Crippen LogP contribution < -0.4 is 0 Å². The van der Waals surface area contributed by atoms with Gasteiger partial charge in [0.05, 0.1) is 12.1 Å². The summed E-state index contributed by atoms with van der Waals surface area (Å²) in [5, 5.41) is 8.97. The van der Waals surface area contributed by atoms with Crippen molar-refractivity contribution in [3.8, 4) is 0 Å². The zero-order valence-electron chi connectivity index (χ0n) is 11.0. The van der Waals surface area contributed by atoms with Crippen molar-refractivity contribution in [3.63, 3.8) is 0 Å². The lowest BCUT2D eigenvalue weighted by molar-refractivity contribution is -0.159. The van der Waals surface area contributed by atoms with E-state index in [1.807, 2.05) is 0 Å². The fourth-order valence-electron chi connectivity index (χ4n) is 2.68. The van der Waals surface area contributed by atoms with Crippen molar-refractivity contribution in [2.75, 3.05) is 0 Å². The number of rotatable bonds is 2. The van der Waals surface area contributed by atoms with Gasteiger partial charge in [0.1, 0.15) is 5.82 Å². The van der Waals surface area contributed by atoms with Crippen molar-refractivity contribution < 1.29 is 19.1 Å². The van der Waals surface area contributed by atoms with Gasteiger partial charge in [-0.05, 0) is 37.0 Å². The van der Waals surface area contributed by atoms with Crippen LogP contribution in [0.25, 0.3) is 0 Å². The molecule has 1 aromatic rings. The summed E-state index contributed by atoms with van der Waals surface area (Å²) >= 11 is 0. The van der Waals surface area contributed by atoms with Crippen molar-refractivity contribution in [1.29, 1.82) is 0 Å². The molecule has 0 bridgehead atoms. The summed E-state index contributed by atoms with van der Waals surface area (Å²) in [5.74, 6) is -2.78. The van der Waals surface area contributed by atoms with Crippen molar-refractivity contribution >= 4 is 11.9 Å². The molecule has 0 aromatic heterocycles. The molecule has 1 fully saturated rings. The number of halogens is 1. The number of hydrogen-bond donors (Lipinski definition) is 1. The largest absolute Gasteiger partial charge is 0.474 e. The van der Waals surface area contributed by atoms with E-state index in [0.29, 0.717) is 12.8 Å². The first-order valence-corrected chi connectivity index (χ1v) is 6.48. The lowest BCUT2D eigenvalue weighted by Crippen LogP contribution is -2.47. The molecule has 4 nitrogen and oxygen atoms in total. The number of benzene rings is 1. The quantitative estimate of drug-likeness (QED) is 0.667. The second kappa shape index (κ2) is 5.86. The van der Waals surface area contributed by atoms with Crippen molar-refractivity contribution in [3.05, 3.63) is 48.3 Å². The summed E-state index contributed by atoms with van der Waals surface area (Å²) in [6.45, 7) is 3.67. The minimum absolute atomic E-state index is 0.303. The summed E-state index contributed by atoms with van der Waals surface area (Å²) in [6, 6.07) is 5.16. The van der Waals surface area contributed by atoms with Gasteiger partial charge in [0.2, 0.25) is 0 Å². The van der Waals surface area contributed by atoms with E-state index in [4.69, 9.17) is 5.11 Å². The summed E-state index contributed by atoms with van der Waals surface area (Å²) in [7, 11) is 0. The van der Waals surface area contributed by atoms with Gasteiger partial charge in [-0.15, -0.1) is 6.58 Å². The number of carboxylic acids is 1. The van der Waals surface area contributed by atoms with Crippen LogP contribution in [-0.4, -0.2) is 27.9 Å². The molecule has 1 aliphatic heterocycles. The molecular weight excluding hydrogens is 261 g/mol. The van der Waals surface area contributed by atoms with E-state index in [9.17, 15) is 14.0 Å². The number of carbonyl (C=O) groups excluding carboxylic acids is 1. The lowest BCUT2D eigenvalue weighted by atomic mass is 9.90. The average Bonchev–Trinajstić information content (AvgIpc) is 2.46.